The van der Waals surface area contributed by atoms with Crippen LogP contribution in [0.4, 0.5) is 0 Å². The fourth-order valence-electron chi connectivity index (χ4n) is 3.69. The summed E-state index contributed by atoms with van der Waals surface area (Å²) in [5, 5.41) is 3.46. The molecule has 0 aliphatic carbocycles. The SMILES string of the molecule is O=C(c1cc(Br)c2c(c1)OCO2)N1CC[C@@H]2CNC[C@@H]2CC1. The molecule has 2 saturated heterocycles. The molecule has 0 radical (unpaired) electrons. The smallest absolute Gasteiger partial charge is 0.254 e. The molecule has 1 aromatic carbocycles. The second-order valence-electron chi connectivity index (χ2n) is 6.24. The molecule has 3 heterocycles. The zero-order valence-corrected chi connectivity index (χ0v) is 13.9. The highest BCUT2D eigenvalue weighted by atomic mass is 79.9. The first-order chi connectivity index (χ1) is 10.7. The number of nitrogens with zero attached hydrogens (tertiary/aromatic N) is 1. The minimum Gasteiger partial charge on any atom is -0.454 e. The van der Waals surface area contributed by atoms with Gasteiger partial charge in [0.25, 0.3) is 5.91 Å². The van der Waals surface area contributed by atoms with E-state index in [1.165, 1.54) is 0 Å². The van der Waals surface area contributed by atoms with Crippen molar-refractivity contribution in [2.75, 3.05) is 33.0 Å². The van der Waals surface area contributed by atoms with E-state index in [1.54, 1.807) is 6.07 Å². The number of hydrogen-bond acceptors (Lipinski definition) is 4. The average Bonchev–Trinajstić information content (AvgIpc) is 3.12. The van der Waals surface area contributed by atoms with Gasteiger partial charge in [-0.2, -0.15) is 0 Å². The Morgan fingerprint density at radius 2 is 1.91 bits per heavy atom. The molecule has 1 N–H and O–H groups in total. The van der Waals surface area contributed by atoms with Crippen molar-refractivity contribution in [3.63, 3.8) is 0 Å². The molecule has 22 heavy (non-hydrogen) atoms. The number of likely N-dealkylation sites (tertiary alicyclic amines) is 1. The predicted octanol–water partition coefficient (Wildman–Crippen LogP) is 2.25. The van der Waals surface area contributed by atoms with Crippen LogP contribution in [0.3, 0.4) is 0 Å². The zero-order chi connectivity index (χ0) is 15.1. The lowest BCUT2D eigenvalue weighted by atomic mass is 9.92. The maximum absolute atomic E-state index is 12.8. The topological polar surface area (TPSA) is 50.8 Å². The van der Waals surface area contributed by atoms with Gasteiger partial charge in [0.2, 0.25) is 6.79 Å². The standard InChI is InChI=1S/C16H19BrN2O3/c17-13-5-12(6-14-15(13)22-9-21-14)16(20)19-3-1-10-7-18-8-11(10)2-4-19/h5-6,10-11,18H,1-4,7-9H2/t10-,11+. The normalized spacial score (nSPS) is 26.7. The van der Waals surface area contributed by atoms with Crippen molar-refractivity contribution in [2.24, 2.45) is 11.8 Å². The Morgan fingerprint density at radius 1 is 1.18 bits per heavy atom. The quantitative estimate of drug-likeness (QED) is 0.827. The summed E-state index contributed by atoms with van der Waals surface area (Å²) in [5.74, 6) is 2.87. The maximum atomic E-state index is 12.8. The zero-order valence-electron chi connectivity index (χ0n) is 12.3. The summed E-state index contributed by atoms with van der Waals surface area (Å²) in [6.45, 7) is 4.09. The number of hydrogen-bond donors (Lipinski definition) is 1. The van der Waals surface area contributed by atoms with Crippen molar-refractivity contribution in [3.8, 4) is 11.5 Å². The van der Waals surface area contributed by atoms with Gasteiger partial charge in [-0.25, -0.2) is 0 Å². The summed E-state index contributed by atoms with van der Waals surface area (Å²) in [5.41, 5.74) is 0.668. The van der Waals surface area contributed by atoms with Crippen molar-refractivity contribution in [1.29, 1.82) is 0 Å². The van der Waals surface area contributed by atoms with Crippen molar-refractivity contribution >= 4 is 21.8 Å². The van der Waals surface area contributed by atoms with E-state index in [9.17, 15) is 4.79 Å². The van der Waals surface area contributed by atoms with Gasteiger partial charge < -0.3 is 19.7 Å². The molecule has 1 aromatic rings. The third-order valence-corrected chi connectivity index (χ3v) is 5.57. The van der Waals surface area contributed by atoms with Gasteiger partial charge in [0.1, 0.15) is 0 Å². The van der Waals surface area contributed by atoms with Crippen LogP contribution in [0.2, 0.25) is 0 Å². The molecule has 3 aliphatic heterocycles. The third kappa shape index (κ3) is 2.48. The van der Waals surface area contributed by atoms with E-state index < -0.39 is 0 Å². The van der Waals surface area contributed by atoms with Gasteiger partial charge in [-0.3, -0.25) is 4.79 Å². The van der Waals surface area contributed by atoms with Gasteiger partial charge in [0.15, 0.2) is 11.5 Å². The number of ether oxygens (including phenoxy) is 2. The number of carbonyl (C=O) groups is 1. The Balaban J connectivity index is 1.53. The van der Waals surface area contributed by atoms with Crippen molar-refractivity contribution in [2.45, 2.75) is 12.8 Å². The first-order valence-electron chi connectivity index (χ1n) is 7.81. The molecule has 0 aromatic heterocycles. The summed E-state index contributed by atoms with van der Waals surface area (Å²) in [6, 6.07) is 3.63. The molecule has 3 aliphatic rings. The number of carbonyl (C=O) groups excluding carboxylic acids is 1. The van der Waals surface area contributed by atoms with Gasteiger partial charge in [0, 0.05) is 18.7 Å². The summed E-state index contributed by atoms with van der Waals surface area (Å²) in [7, 11) is 0. The van der Waals surface area contributed by atoms with Crippen LogP contribution in [0.5, 0.6) is 11.5 Å². The molecule has 1 amide bonds. The molecule has 5 nitrogen and oxygen atoms in total. The Labute approximate surface area is 138 Å². The van der Waals surface area contributed by atoms with E-state index in [1.807, 2.05) is 11.0 Å². The number of halogens is 1. The van der Waals surface area contributed by atoms with Crippen LogP contribution in [-0.2, 0) is 0 Å². The highest BCUT2D eigenvalue weighted by Gasteiger charge is 2.32. The molecular formula is C16H19BrN2O3. The van der Waals surface area contributed by atoms with Gasteiger partial charge >= 0.3 is 0 Å². The second-order valence-corrected chi connectivity index (χ2v) is 7.09. The lowest BCUT2D eigenvalue weighted by Crippen LogP contribution is -2.32. The second kappa shape index (κ2) is 5.74. The molecule has 118 valence electrons. The highest BCUT2D eigenvalue weighted by molar-refractivity contribution is 9.10. The summed E-state index contributed by atoms with van der Waals surface area (Å²) < 4.78 is 11.6. The molecular weight excluding hydrogens is 348 g/mol. The van der Waals surface area contributed by atoms with E-state index >= 15 is 0 Å². The fourth-order valence-corrected chi connectivity index (χ4v) is 4.25. The molecule has 0 unspecified atom stereocenters. The van der Waals surface area contributed by atoms with Crippen LogP contribution in [-0.4, -0.2) is 43.8 Å². The maximum Gasteiger partial charge on any atom is 0.254 e. The summed E-state index contributed by atoms with van der Waals surface area (Å²) >= 11 is 3.46. The highest BCUT2D eigenvalue weighted by Crippen LogP contribution is 2.40. The van der Waals surface area contributed by atoms with Gasteiger partial charge in [-0.05, 0) is 65.8 Å². The number of rotatable bonds is 1. The molecule has 6 heteroatoms. The monoisotopic (exact) mass is 366 g/mol. The van der Waals surface area contributed by atoms with Crippen molar-refractivity contribution < 1.29 is 14.3 Å². The first-order valence-corrected chi connectivity index (χ1v) is 8.61. The Hall–Kier alpha value is -1.27. The summed E-state index contributed by atoms with van der Waals surface area (Å²) in [4.78, 5) is 14.8. The Morgan fingerprint density at radius 3 is 2.64 bits per heavy atom. The Bertz CT molecular complexity index is 593. The average molecular weight is 367 g/mol. The van der Waals surface area contributed by atoms with E-state index in [2.05, 4.69) is 21.2 Å². The van der Waals surface area contributed by atoms with E-state index in [0.717, 1.165) is 55.3 Å². The third-order valence-electron chi connectivity index (χ3n) is 4.98. The van der Waals surface area contributed by atoms with Crippen LogP contribution in [0.15, 0.2) is 16.6 Å². The van der Waals surface area contributed by atoms with Gasteiger partial charge in [0.05, 0.1) is 4.47 Å². The fraction of sp³-hybridized carbons (Fsp3) is 0.562. The van der Waals surface area contributed by atoms with Gasteiger partial charge in [-0.1, -0.05) is 0 Å². The lowest BCUT2D eigenvalue weighted by Gasteiger charge is -2.21. The Kier molecular flexibility index (Phi) is 3.74. The van der Waals surface area contributed by atoms with E-state index in [0.29, 0.717) is 17.1 Å². The van der Waals surface area contributed by atoms with Crippen LogP contribution < -0.4 is 14.8 Å². The lowest BCUT2D eigenvalue weighted by molar-refractivity contribution is 0.0758. The minimum absolute atomic E-state index is 0.0898. The minimum atomic E-state index is 0.0898. The van der Waals surface area contributed by atoms with E-state index in [4.69, 9.17) is 9.47 Å². The van der Waals surface area contributed by atoms with Gasteiger partial charge in [-0.15, -0.1) is 0 Å². The van der Waals surface area contributed by atoms with E-state index in [-0.39, 0.29) is 12.7 Å². The molecule has 0 bridgehead atoms. The number of fused-ring (bicyclic) bond motifs is 2. The predicted molar refractivity (Wildman–Crippen MR) is 85.3 cm³/mol. The molecule has 0 spiro atoms. The largest absolute Gasteiger partial charge is 0.454 e. The van der Waals surface area contributed by atoms with Crippen LogP contribution in [0.1, 0.15) is 23.2 Å². The first kappa shape index (κ1) is 14.3. The molecule has 2 fully saturated rings. The van der Waals surface area contributed by atoms with Crippen LogP contribution in [0, 0.1) is 11.8 Å². The van der Waals surface area contributed by atoms with Crippen LogP contribution >= 0.6 is 15.9 Å². The number of benzene rings is 1. The summed E-state index contributed by atoms with van der Waals surface area (Å²) in [6.07, 6.45) is 2.18. The van der Waals surface area contributed by atoms with Crippen molar-refractivity contribution in [3.05, 3.63) is 22.2 Å². The number of nitrogens with one attached hydrogen (secondary N) is 1. The molecule has 0 saturated carbocycles. The molecule has 2 atom stereocenters. The van der Waals surface area contributed by atoms with Crippen LogP contribution in [0.25, 0.3) is 0 Å². The van der Waals surface area contributed by atoms with Crippen molar-refractivity contribution in [1.82, 2.24) is 10.2 Å². The number of amides is 1. The molecule has 4 rings (SSSR count).